The van der Waals surface area contributed by atoms with Gasteiger partial charge in [0.25, 0.3) is 0 Å². The normalized spacial score (nSPS) is 11.6. The predicted molar refractivity (Wildman–Crippen MR) is 145 cm³/mol. The summed E-state index contributed by atoms with van der Waals surface area (Å²) in [6.45, 7) is 3.05. The summed E-state index contributed by atoms with van der Waals surface area (Å²) in [4.78, 5) is 25.8. The molecule has 3 aromatic rings. The number of carboxylic acids is 1. The zero-order valence-corrected chi connectivity index (χ0v) is 22.7. The van der Waals surface area contributed by atoms with Crippen LogP contribution < -0.4 is 9.47 Å². The van der Waals surface area contributed by atoms with E-state index in [4.69, 9.17) is 14.2 Å². The lowest BCUT2D eigenvalue weighted by Crippen LogP contribution is -2.37. The summed E-state index contributed by atoms with van der Waals surface area (Å²) in [6.07, 6.45) is 0.227. The molecule has 0 aliphatic rings. The molecule has 1 N–H and O–H groups in total. The molecule has 0 spiro atoms. The number of carbonyl (C=O) groups is 2. The van der Waals surface area contributed by atoms with Gasteiger partial charge in [0.15, 0.2) is 6.10 Å². The van der Waals surface area contributed by atoms with E-state index in [0.29, 0.717) is 44.0 Å². The molecule has 0 saturated carbocycles. The quantitative estimate of drug-likeness (QED) is 0.244. The van der Waals surface area contributed by atoms with Crippen molar-refractivity contribution in [2.24, 2.45) is 0 Å². The smallest absolute Gasteiger partial charge is 0.415 e. The fraction of sp³-hybridized carbons (Fsp3) is 0.310. The van der Waals surface area contributed by atoms with Gasteiger partial charge in [0.05, 0.1) is 6.54 Å². The van der Waals surface area contributed by atoms with Gasteiger partial charge in [-0.15, -0.1) is 0 Å². The number of ether oxygens (including phenoxy) is 3. The van der Waals surface area contributed by atoms with Gasteiger partial charge in [-0.2, -0.15) is 0 Å². The Morgan fingerprint density at radius 3 is 2.18 bits per heavy atom. The third-order valence-corrected chi connectivity index (χ3v) is 6.23. The standard InChI is InChI=1S/C29H31BrFNO6/c1-2-36-27(28(33)34)20-22-7-13-25(14-8-22)37-19-18-32(17-3-4-21-5-11-24(31)12-6-21)29(35)38-26-15-9-23(30)10-16-26/h5-16,27H,2-4,17-20H2,1H3,(H,33,34). The van der Waals surface area contributed by atoms with E-state index in [9.17, 15) is 19.1 Å². The topological polar surface area (TPSA) is 85.3 Å². The summed E-state index contributed by atoms with van der Waals surface area (Å²) >= 11 is 3.36. The second kappa shape index (κ2) is 15.1. The molecular weight excluding hydrogens is 557 g/mol. The van der Waals surface area contributed by atoms with Gasteiger partial charge in [-0.05, 0) is 79.4 Å². The van der Waals surface area contributed by atoms with Crippen LogP contribution in [0.5, 0.6) is 11.5 Å². The van der Waals surface area contributed by atoms with E-state index in [2.05, 4.69) is 15.9 Å². The Labute approximate surface area is 230 Å². The molecule has 3 aromatic carbocycles. The van der Waals surface area contributed by atoms with Crippen LogP contribution in [0, 0.1) is 5.82 Å². The molecule has 202 valence electrons. The Morgan fingerprint density at radius 1 is 0.921 bits per heavy atom. The maximum atomic E-state index is 13.2. The van der Waals surface area contributed by atoms with E-state index < -0.39 is 18.2 Å². The number of benzene rings is 3. The predicted octanol–water partition coefficient (Wildman–Crippen LogP) is 6.13. The molecule has 9 heteroatoms. The minimum atomic E-state index is -0.998. The molecule has 1 amide bonds. The average Bonchev–Trinajstić information content (AvgIpc) is 2.90. The van der Waals surface area contributed by atoms with Crippen LogP contribution in [0.25, 0.3) is 0 Å². The van der Waals surface area contributed by atoms with E-state index in [-0.39, 0.29) is 18.8 Å². The molecule has 38 heavy (non-hydrogen) atoms. The molecule has 3 rings (SSSR count). The Morgan fingerprint density at radius 2 is 1.55 bits per heavy atom. The van der Waals surface area contributed by atoms with E-state index in [1.165, 1.54) is 12.1 Å². The number of aliphatic carboxylic acids is 1. The van der Waals surface area contributed by atoms with Crippen LogP contribution in [0.15, 0.2) is 77.3 Å². The summed E-state index contributed by atoms with van der Waals surface area (Å²) in [6, 6.07) is 20.4. The van der Waals surface area contributed by atoms with Gasteiger partial charge in [-0.3, -0.25) is 0 Å². The van der Waals surface area contributed by atoms with Crippen molar-refractivity contribution in [1.82, 2.24) is 4.90 Å². The number of amides is 1. The molecule has 1 atom stereocenters. The van der Waals surface area contributed by atoms with Crippen LogP contribution in [0.3, 0.4) is 0 Å². The highest BCUT2D eigenvalue weighted by Gasteiger charge is 2.18. The van der Waals surface area contributed by atoms with Crippen molar-refractivity contribution in [2.45, 2.75) is 32.3 Å². The van der Waals surface area contributed by atoms with Gasteiger partial charge in [0.1, 0.15) is 23.9 Å². The van der Waals surface area contributed by atoms with Crippen LogP contribution in [0.4, 0.5) is 9.18 Å². The summed E-state index contributed by atoms with van der Waals surface area (Å²) < 4.78 is 30.7. The van der Waals surface area contributed by atoms with Crippen molar-refractivity contribution < 1.29 is 33.3 Å². The van der Waals surface area contributed by atoms with Gasteiger partial charge in [-0.1, -0.05) is 40.2 Å². The third kappa shape index (κ3) is 9.79. The zero-order valence-electron chi connectivity index (χ0n) is 21.1. The molecule has 0 fully saturated rings. The van der Waals surface area contributed by atoms with Crippen LogP contribution in [0.2, 0.25) is 0 Å². The Hall–Kier alpha value is -3.43. The summed E-state index contributed by atoms with van der Waals surface area (Å²) in [5.41, 5.74) is 1.80. The van der Waals surface area contributed by atoms with Crippen molar-refractivity contribution in [3.63, 3.8) is 0 Å². The molecule has 0 heterocycles. The zero-order chi connectivity index (χ0) is 27.3. The van der Waals surface area contributed by atoms with Gasteiger partial charge in [0.2, 0.25) is 0 Å². The summed E-state index contributed by atoms with van der Waals surface area (Å²) in [5, 5.41) is 9.27. The van der Waals surface area contributed by atoms with Crippen molar-refractivity contribution >= 4 is 28.0 Å². The van der Waals surface area contributed by atoms with Crippen LogP contribution in [-0.4, -0.2) is 54.5 Å². The van der Waals surface area contributed by atoms with Gasteiger partial charge < -0.3 is 24.2 Å². The highest BCUT2D eigenvalue weighted by Crippen LogP contribution is 2.18. The lowest BCUT2D eigenvalue weighted by molar-refractivity contribution is -0.149. The first-order chi connectivity index (χ1) is 18.3. The first-order valence-electron chi connectivity index (χ1n) is 12.4. The number of rotatable bonds is 14. The van der Waals surface area contributed by atoms with Crippen molar-refractivity contribution in [3.05, 3.63) is 94.2 Å². The molecule has 1 unspecified atom stereocenters. The van der Waals surface area contributed by atoms with E-state index in [1.807, 2.05) is 0 Å². The first kappa shape index (κ1) is 29.1. The maximum absolute atomic E-state index is 13.2. The second-order valence-corrected chi connectivity index (χ2v) is 9.43. The van der Waals surface area contributed by atoms with Gasteiger partial charge in [-0.25, -0.2) is 14.0 Å². The van der Waals surface area contributed by atoms with Crippen LogP contribution >= 0.6 is 15.9 Å². The van der Waals surface area contributed by atoms with Crippen molar-refractivity contribution in [2.75, 3.05) is 26.3 Å². The summed E-state index contributed by atoms with van der Waals surface area (Å²) in [7, 11) is 0. The lowest BCUT2D eigenvalue weighted by atomic mass is 10.1. The summed E-state index contributed by atoms with van der Waals surface area (Å²) in [5.74, 6) is -0.245. The Kier molecular flexibility index (Phi) is 11.6. The molecule has 0 radical (unpaired) electrons. The fourth-order valence-corrected chi connectivity index (χ4v) is 3.98. The fourth-order valence-electron chi connectivity index (χ4n) is 3.72. The van der Waals surface area contributed by atoms with Crippen LogP contribution in [0.1, 0.15) is 24.5 Å². The highest BCUT2D eigenvalue weighted by molar-refractivity contribution is 9.10. The molecule has 0 aliphatic carbocycles. The minimum Gasteiger partial charge on any atom is -0.492 e. The van der Waals surface area contributed by atoms with E-state index in [0.717, 1.165) is 15.6 Å². The van der Waals surface area contributed by atoms with Gasteiger partial charge in [0, 0.05) is 24.0 Å². The molecule has 0 bridgehead atoms. The second-order valence-electron chi connectivity index (χ2n) is 8.52. The number of hydrogen-bond donors (Lipinski definition) is 1. The van der Waals surface area contributed by atoms with Crippen LogP contribution in [-0.2, 0) is 22.4 Å². The van der Waals surface area contributed by atoms with Crippen molar-refractivity contribution in [1.29, 1.82) is 0 Å². The molecule has 0 saturated heterocycles. The number of aryl methyl sites for hydroxylation is 1. The number of carboxylic acid groups (broad SMARTS) is 1. The third-order valence-electron chi connectivity index (χ3n) is 5.70. The lowest BCUT2D eigenvalue weighted by Gasteiger charge is -2.22. The number of nitrogens with zero attached hydrogens (tertiary/aromatic N) is 1. The minimum absolute atomic E-state index is 0.238. The first-order valence-corrected chi connectivity index (χ1v) is 13.2. The number of carbonyl (C=O) groups excluding carboxylic acids is 1. The molecule has 7 nitrogen and oxygen atoms in total. The Bertz CT molecular complexity index is 1160. The monoisotopic (exact) mass is 587 g/mol. The average molecular weight is 588 g/mol. The maximum Gasteiger partial charge on any atom is 0.415 e. The molecule has 0 aliphatic heterocycles. The SMILES string of the molecule is CCOC(Cc1ccc(OCCN(CCCc2ccc(F)cc2)C(=O)Oc2ccc(Br)cc2)cc1)C(=O)O. The molecule has 0 aromatic heterocycles. The largest absolute Gasteiger partial charge is 0.492 e. The Balaban J connectivity index is 1.55. The number of hydrogen-bond acceptors (Lipinski definition) is 5. The van der Waals surface area contributed by atoms with Crippen molar-refractivity contribution in [3.8, 4) is 11.5 Å². The molecular formula is C29H31BrFNO6. The van der Waals surface area contributed by atoms with Gasteiger partial charge >= 0.3 is 12.1 Å². The number of halogens is 2. The van der Waals surface area contributed by atoms with E-state index >= 15 is 0 Å². The highest BCUT2D eigenvalue weighted by atomic mass is 79.9. The van der Waals surface area contributed by atoms with E-state index in [1.54, 1.807) is 72.5 Å².